The van der Waals surface area contributed by atoms with Gasteiger partial charge in [-0.3, -0.25) is 0 Å². The molecule has 0 aliphatic carbocycles. The van der Waals surface area contributed by atoms with Crippen LogP contribution in [0, 0.1) is 0 Å². The summed E-state index contributed by atoms with van der Waals surface area (Å²) in [6.45, 7) is 3.92. The molecule has 0 aromatic carbocycles. The van der Waals surface area contributed by atoms with Crippen molar-refractivity contribution >= 4 is 27.4 Å². The summed E-state index contributed by atoms with van der Waals surface area (Å²) in [7, 11) is -3.24. The molecule has 0 unspecified atom stereocenters. The monoisotopic (exact) mass is 278 g/mol. The summed E-state index contributed by atoms with van der Waals surface area (Å²) in [4.78, 5) is 7.70. The largest absolute Gasteiger partial charge is 0.368 e. The van der Waals surface area contributed by atoms with Crippen molar-refractivity contribution in [1.29, 1.82) is 0 Å². The van der Waals surface area contributed by atoms with Crippen molar-refractivity contribution in [2.24, 2.45) is 0 Å². The van der Waals surface area contributed by atoms with Crippen molar-refractivity contribution in [3.8, 4) is 0 Å². The zero-order chi connectivity index (χ0) is 13.1. The van der Waals surface area contributed by atoms with Crippen LogP contribution in [0.1, 0.15) is 13.8 Å². The van der Waals surface area contributed by atoms with Gasteiger partial charge in [0.15, 0.2) is 0 Å². The molecular weight excluding hydrogens is 264 g/mol. The second-order valence-electron chi connectivity index (χ2n) is 4.34. The van der Waals surface area contributed by atoms with E-state index in [0.29, 0.717) is 17.5 Å². The van der Waals surface area contributed by atoms with Gasteiger partial charge in [0.1, 0.15) is 17.3 Å². The van der Waals surface area contributed by atoms with Crippen LogP contribution in [-0.4, -0.2) is 36.7 Å². The number of hydrogen-bond acceptors (Lipinski definition) is 5. The summed E-state index contributed by atoms with van der Waals surface area (Å²) in [5, 5.41) is 3.32. The fourth-order valence-electron chi connectivity index (χ4n) is 1.28. The standard InChI is InChI=1S/C9H15ClN4O2S/c1-9(2,14-17(3,15)16)5-11-8-4-7(10)12-6-13-8/h4,6,14H,5H2,1-3H3,(H,11,12,13). The summed E-state index contributed by atoms with van der Waals surface area (Å²) in [6.07, 6.45) is 2.46. The summed E-state index contributed by atoms with van der Waals surface area (Å²) < 4.78 is 24.8. The lowest BCUT2D eigenvalue weighted by atomic mass is 10.1. The quantitative estimate of drug-likeness (QED) is 0.781. The maximum Gasteiger partial charge on any atom is 0.209 e. The van der Waals surface area contributed by atoms with Crippen LogP contribution in [0.5, 0.6) is 0 Å². The Labute approximate surface area is 106 Å². The Morgan fingerprint density at radius 3 is 2.59 bits per heavy atom. The van der Waals surface area contributed by atoms with Gasteiger partial charge in [0.25, 0.3) is 0 Å². The van der Waals surface area contributed by atoms with Gasteiger partial charge in [0, 0.05) is 18.2 Å². The van der Waals surface area contributed by atoms with Crippen molar-refractivity contribution in [2.45, 2.75) is 19.4 Å². The SMILES string of the molecule is CC(C)(CNc1cc(Cl)ncn1)NS(C)(=O)=O. The number of halogens is 1. The number of anilines is 1. The Balaban J connectivity index is 2.61. The van der Waals surface area contributed by atoms with Crippen LogP contribution < -0.4 is 10.0 Å². The van der Waals surface area contributed by atoms with E-state index in [4.69, 9.17) is 11.6 Å². The van der Waals surface area contributed by atoms with E-state index in [1.165, 1.54) is 6.33 Å². The Morgan fingerprint density at radius 2 is 2.06 bits per heavy atom. The van der Waals surface area contributed by atoms with Crippen LogP contribution in [0.4, 0.5) is 5.82 Å². The van der Waals surface area contributed by atoms with Gasteiger partial charge in [-0.05, 0) is 13.8 Å². The summed E-state index contributed by atoms with van der Waals surface area (Å²) >= 11 is 5.70. The molecule has 1 rings (SSSR count). The molecule has 0 amide bonds. The molecule has 1 aromatic heterocycles. The molecule has 0 radical (unpaired) electrons. The molecule has 6 nitrogen and oxygen atoms in total. The molecule has 0 saturated carbocycles. The van der Waals surface area contributed by atoms with Crippen LogP contribution in [0.2, 0.25) is 5.15 Å². The van der Waals surface area contributed by atoms with E-state index in [9.17, 15) is 8.42 Å². The lowest BCUT2D eigenvalue weighted by Crippen LogP contribution is -2.47. The zero-order valence-electron chi connectivity index (χ0n) is 9.86. The number of nitrogens with zero attached hydrogens (tertiary/aromatic N) is 2. The second kappa shape index (κ2) is 5.16. The Hall–Kier alpha value is -0.920. The third-order valence-electron chi connectivity index (χ3n) is 1.81. The molecule has 0 saturated heterocycles. The third-order valence-corrected chi connectivity index (χ3v) is 2.94. The highest BCUT2D eigenvalue weighted by molar-refractivity contribution is 7.88. The summed E-state index contributed by atoms with van der Waals surface area (Å²) in [5.41, 5.74) is -0.620. The molecule has 8 heteroatoms. The Morgan fingerprint density at radius 1 is 1.41 bits per heavy atom. The molecule has 0 atom stereocenters. The minimum Gasteiger partial charge on any atom is -0.368 e. The van der Waals surface area contributed by atoms with E-state index >= 15 is 0 Å². The van der Waals surface area contributed by atoms with Crippen molar-refractivity contribution in [3.63, 3.8) is 0 Å². The third kappa shape index (κ3) is 5.81. The molecule has 0 aliphatic heterocycles. The molecule has 96 valence electrons. The number of aromatic nitrogens is 2. The van der Waals surface area contributed by atoms with Crippen molar-refractivity contribution in [2.75, 3.05) is 18.1 Å². The van der Waals surface area contributed by atoms with E-state index in [2.05, 4.69) is 20.0 Å². The van der Waals surface area contributed by atoms with Crippen molar-refractivity contribution in [3.05, 3.63) is 17.5 Å². The molecule has 0 aliphatic rings. The summed E-state index contributed by atoms with van der Waals surface area (Å²) in [6, 6.07) is 1.57. The minimum atomic E-state index is -3.24. The van der Waals surface area contributed by atoms with Gasteiger partial charge in [-0.25, -0.2) is 23.1 Å². The van der Waals surface area contributed by atoms with Gasteiger partial charge < -0.3 is 5.32 Å². The van der Waals surface area contributed by atoms with Gasteiger partial charge >= 0.3 is 0 Å². The van der Waals surface area contributed by atoms with Crippen LogP contribution in [0.15, 0.2) is 12.4 Å². The van der Waals surface area contributed by atoms with Gasteiger partial charge in [-0.2, -0.15) is 0 Å². The van der Waals surface area contributed by atoms with E-state index < -0.39 is 15.6 Å². The molecular formula is C9H15ClN4O2S. The highest BCUT2D eigenvalue weighted by Crippen LogP contribution is 2.11. The number of rotatable bonds is 5. The fraction of sp³-hybridized carbons (Fsp3) is 0.556. The fourth-order valence-corrected chi connectivity index (χ4v) is 2.50. The average Bonchev–Trinajstić information content (AvgIpc) is 2.11. The Bertz CT molecular complexity index is 490. The topological polar surface area (TPSA) is 84.0 Å². The maximum atomic E-state index is 11.1. The predicted octanol–water partition coefficient (Wildman–Crippen LogP) is 0.870. The molecule has 2 N–H and O–H groups in total. The lowest BCUT2D eigenvalue weighted by Gasteiger charge is -2.25. The van der Waals surface area contributed by atoms with Gasteiger partial charge in [0.05, 0.1) is 6.26 Å². The first-order valence-electron chi connectivity index (χ1n) is 4.88. The number of nitrogens with one attached hydrogen (secondary N) is 2. The van der Waals surface area contributed by atoms with Crippen LogP contribution in [0.3, 0.4) is 0 Å². The lowest BCUT2D eigenvalue weighted by molar-refractivity contribution is 0.476. The smallest absolute Gasteiger partial charge is 0.209 e. The van der Waals surface area contributed by atoms with Crippen molar-refractivity contribution < 1.29 is 8.42 Å². The molecule has 1 heterocycles. The first-order chi connectivity index (χ1) is 7.68. The first kappa shape index (κ1) is 14.1. The van der Waals surface area contributed by atoms with Gasteiger partial charge in [-0.1, -0.05) is 11.6 Å². The Kier molecular flexibility index (Phi) is 4.29. The molecule has 0 bridgehead atoms. The maximum absolute atomic E-state index is 11.1. The van der Waals surface area contributed by atoms with Crippen LogP contribution >= 0.6 is 11.6 Å². The molecule has 1 aromatic rings. The zero-order valence-corrected chi connectivity index (χ0v) is 11.4. The van der Waals surface area contributed by atoms with E-state index in [0.717, 1.165) is 6.26 Å². The highest BCUT2D eigenvalue weighted by atomic mass is 35.5. The number of hydrogen-bond donors (Lipinski definition) is 2. The second-order valence-corrected chi connectivity index (χ2v) is 6.47. The van der Waals surface area contributed by atoms with E-state index in [1.54, 1.807) is 19.9 Å². The molecule has 0 fully saturated rings. The molecule has 0 spiro atoms. The first-order valence-corrected chi connectivity index (χ1v) is 7.15. The predicted molar refractivity (Wildman–Crippen MR) is 67.6 cm³/mol. The van der Waals surface area contributed by atoms with Crippen molar-refractivity contribution in [1.82, 2.24) is 14.7 Å². The molecule has 17 heavy (non-hydrogen) atoms. The normalized spacial score (nSPS) is 12.5. The summed E-state index contributed by atoms with van der Waals surface area (Å²) in [5.74, 6) is 0.549. The van der Waals surface area contributed by atoms with Crippen LogP contribution in [0.25, 0.3) is 0 Å². The average molecular weight is 279 g/mol. The number of sulfonamides is 1. The van der Waals surface area contributed by atoms with Gasteiger partial charge in [-0.15, -0.1) is 0 Å². The highest BCUT2D eigenvalue weighted by Gasteiger charge is 2.21. The van der Waals surface area contributed by atoms with E-state index in [-0.39, 0.29) is 0 Å². The van der Waals surface area contributed by atoms with Crippen LogP contribution in [-0.2, 0) is 10.0 Å². The van der Waals surface area contributed by atoms with Gasteiger partial charge in [0.2, 0.25) is 10.0 Å². The van der Waals surface area contributed by atoms with E-state index in [1.807, 2.05) is 0 Å². The minimum absolute atomic E-state index is 0.330.